The first-order valence-electron chi connectivity index (χ1n) is 3.69. The van der Waals surface area contributed by atoms with Crippen LogP contribution in [0.3, 0.4) is 0 Å². The van der Waals surface area contributed by atoms with Gasteiger partial charge in [-0.3, -0.25) is 5.10 Å². The molecular weight excluding hydrogens is 126 g/mol. The minimum absolute atomic E-state index is 0.554. The zero-order chi connectivity index (χ0) is 6.81. The number of hydrogen-bond donors (Lipinski definition) is 2. The highest BCUT2D eigenvalue weighted by molar-refractivity contribution is 5.10. The van der Waals surface area contributed by atoms with Gasteiger partial charge in [0.05, 0.1) is 6.20 Å². The zero-order valence-electron chi connectivity index (χ0n) is 5.80. The van der Waals surface area contributed by atoms with Crippen molar-refractivity contribution in [3.63, 3.8) is 0 Å². The first-order chi connectivity index (χ1) is 4.97. The lowest BCUT2D eigenvalue weighted by atomic mass is 10.1. The molecule has 3 heteroatoms. The number of aromatic nitrogens is 2. The summed E-state index contributed by atoms with van der Waals surface area (Å²) >= 11 is 0. The van der Waals surface area contributed by atoms with Crippen LogP contribution < -0.4 is 5.32 Å². The van der Waals surface area contributed by atoms with E-state index in [4.69, 9.17) is 0 Å². The number of rotatable bonds is 1. The molecule has 2 heterocycles. The Morgan fingerprint density at radius 2 is 2.60 bits per heavy atom. The molecule has 2 rings (SSSR count). The van der Waals surface area contributed by atoms with E-state index >= 15 is 0 Å². The molecular formula is C7H11N3. The number of H-pyrrole nitrogens is 1. The molecule has 1 aromatic heterocycles. The monoisotopic (exact) mass is 137 g/mol. The fraction of sp³-hybridized carbons (Fsp3) is 0.571. The molecule has 1 aromatic rings. The molecule has 1 aliphatic rings. The van der Waals surface area contributed by atoms with Gasteiger partial charge in [-0.15, -0.1) is 0 Å². The molecule has 1 atom stereocenters. The Kier molecular flexibility index (Phi) is 1.43. The van der Waals surface area contributed by atoms with Gasteiger partial charge in [0.2, 0.25) is 0 Å². The van der Waals surface area contributed by atoms with Crippen molar-refractivity contribution in [1.29, 1.82) is 0 Å². The minimum Gasteiger partial charge on any atom is -0.310 e. The highest BCUT2D eigenvalue weighted by atomic mass is 15.1. The molecule has 1 fully saturated rings. The first kappa shape index (κ1) is 5.92. The van der Waals surface area contributed by atoms with Gasteiger partial charge in [-0.25, -0.2) is 0 Å². The summed E-state index contributed by atoms with van der Waals surface area (Å²) in [7, 11) is 0. The number of nitrogens with one attached hydrogen (secondary N) is 2. The van der Waals surface area contributed by atoms with Crippen LogP contribution in [-0.2, 0) is 0 Å². The Morgan fingerprint density at radius 3 is 3.20 bits per heavy atom. The van der Waals surface area contributed by atoms with Gasteiger partial charge in [0.25, 0.3) is 0 Å². The maximum absolute atomic E-state index is 3.90. The van der Waals surface area contributed by atoms with Crippen LogP contribution in [0, 0.1) is 0 Å². The SMILES string of the molecule is c1n[nH]cc1C1CCCN1. The van der Waals surface area contributed by atoms with Gasteiger partial charge >= 0.3 is 0 Å². The molecule has 2 N–H and O–H groups in total. The van der Waals surface area contributed by atoms with Crippen molar-refractivity contribution in [1.82, 2.24) is 15.5 Å². The summed E-state index contributed by atoms with van der Waals surface area (Å²) in [5.41, 5.74) is 1.29. The van der Waals surface area contributed by atoms with Crippen LogP contribution in [0.25, 0.3) is 0 Å². The third kappa shape index (κ3) is 0.926. The Labute approximate surface area is 59.8 Å². The third-order valence-corrected chi connectivity index (χ3v) is 1.98. The van der Waals surface area contributed by atoms with Crippen molar-refractivity contribution in [2.45, 2.75) is 18.9 Å². The van der Waals surface area contributed by atoms with Crippen LogP contribution in [0.4, 0.5) is 0 Å². The number of hydrogen-bond acceptors (Lipinski definition) is 2. The van der Waals surface area contributed by atoms with Crippen LogP contribution in [0.15, 0.2) is 12.4 Å². The third-order valence-electron chi connectivity index (χ3n) is 1.98. The topological polar surface area (TPSA) is 40.7 Å². The fourth-order valence-electron chi connectivity index (χ4n) is 1.42. The lowest BCUT2D eigenvalue weighted by molar-refractivity contribution is 0.648. The van der Waals surface area contributed by atoms with Crippen LogP contribution in [0.1, 0.15) is 24.4 Å². The lowest BCUT2D eigenvalue weighted by Gasteiger charge is -2.04. The van der Waals surface area contributed by atoms with Crippen molar-refractivity contribution in [2.24, 2.45) is 0 Å². The second-order valence-electron chi connectivity index (χ2n) is 2.68. The molecule has 1 aliphatic heterocycles. The molecule has 1 unspecified atom stereocenters. The number of nitrogens with zero attached hydrogens (tertiary/aromatic N) is 1. The van der Waals surface area contributed by atoms with Crippen molar-refractivity contribution in [2.75, 3.05) is 6.54 Å². The summed E-state index contributed by atoms with van der Waals surface area (Å²) in [4.78, 5) is 0. The molecule has 0 saturated carbocycles. The van der Waals surface area contributed by atoms with Gasteiger partial charge in [0.1, 0.15) is 0 Å². The van der Waals surface area contributed by atoms with Crippen LogP contribution in [0.5, 0.6) is 0 Å². The van der Waals surface area contributed by atoms with E-state index in [1.165, 1.54) is 18.4 Å². The van der Waals surface area contributed by atoms with Crippen LogP contribution in [-0.4, -0.2) is 16.7 Å². The van der Waals surface area contributed by atoms with E-state index in [1.54, 1.807) is 0 Å². The largest absolute Gasteiger partial charge is 0.310 e. The molecule has 1 saturated heterocycles. The molecule has 0 bridgehead atoms. The normalized spacial score (nSPS) is 25.4. The maximum Gasteiger partial charge on any atom is 0.0535 e. The first-order valence-corrected chi connectivity index (χ1v) is 3.69. The molecule has 3 nitrogen and oxygen atoms in total. The predicted molar refractivity (Wildman–Crippen MR) is 38.6 cm³/mol. The van der Waals surface area contributed by atoms with Crippen LogP contribution >= 0.6 is 0 Å². The fourth-order valence-corrected chi connectivity index (χ4v) is 1.42. The summed E-state index contributed by atoms with van der Waals surface area (Å²) in [6.45, 7) is 1.15. The van der Waals surface area contributed by atoms with E-state index < -0.39 is 0 Å². The Balaban J connectivity index is 2.12. The van der Waals surface area contributed by atoms with Crippen molar-refractivity contribution in [3.8, 4) is 0 Å². The van der Waals surface area contributed by atoms with E-state index in [0.29, 0.717) is 6.04 Å². The molecule has 0 amide bonds. The van der Waals surface area contributed by atoms with Crippen LogP contribution in [0.2, 0.25) is 0 Å². The smallest absolute Gasteiger partial charge is 0.0535 e. The van der Waals surface area contributed by atoms with Gasteiger partial charge < -0.3 is 5.32 Å². The van der Waals surface area contributed by atoms with Crippen molar-refractivity contribution >= 4 is 0 Å². The van der Waals surface area contributed by atoms with E-state index in [9.17, 15) is 0 Å². The Morgan fingerprint density at radius 1 is 1.60 bits per heavy atom. The standard InChI is InChI=1S/C7H11N3/c1-2-7(8-3-1)6-4-9-10-5-6/h4-5,7-8H,1-3H2,(H,9,10). The summed E-state index contributed by atoms with van der Waals surface area (Å²) in [6, 6.07) is 0.554. The highest BCUT2D eigenvalue weighted by Crippen LogP contribution is 2.20. The van der Waals surface area contributed by atoms with Crippen molar-refractivity contribution < 1.29 is 0 Å². The minimum atomic E-state index is 0.554. The second kappa shape index (κ2) is 2.42. The highest BCUT2D eigenvalue weighted by Gasteiger charge is 2.15. The quantitative estimate of drug-likeness (QED) is 0.602. The molecule has 0 aliphatic carbocycles. The van der Waals surface area contributed by atoms with E-state index in [-0.39, 0.29) is 0 Å². The molecule has 0 aromatic carbocycles. The van der Waals surface area contributed by atoms with Gasteiger partial charge in [0.15, 0.2) is 0 Å². The summed E-state index contributed by atoms with van der Waals surface area (Å²) < 4.78 is 0. The average molecular weight is 137 g/mol. The molecule has 54 valence electrons. The summed E-state index contributed by atoms with van der Waals surface area (Å²) in [5, 5.41) is 10.1. The zero-order valence-corrected chi connectivity index (χ0v) is 5.80. The van der Waals surface area contributed by atoms with Crippen molar-refractivity contribution in [3.05, 3.63) is 18.0 Å². The van der Waals surface area contributed by atoms with E-state index in [0.717, 1.165) is 6.54 Å². The summed E-state index contributed by atoms with van der Waals surface area (Å²) in [6.07, 6.45) is 6.39. The Hall–Kier alpha value is -0.830. The maximum atomic E-state index is 3.90. The molecule has 10 heavy (non-hydrogen) atoms. The van der Waals surface area contributed by atoms with Gasteiger partial charge in [0, 0.05) is 17.8 Å². The van der Waals surface area contributed by atoms with E-state index in [2.05, 4.69) is 15.5 Å². The Bertz CT molecular complexity index is 187. The summed E-state index contributed by atoms with van der Waals surface area (Å²) in [5.74, 6) is 0. The number of aromatic amines is 1. The van der Waals surface area contributed by atoms with E-state index in [1.807, 2.05) is 12.4 Å². The van der Waals surface area contributed by atoms with Gasteiger partial charge in [-0.2, -0.15) is 5.10 Å². The predicted octanol–water partition coefficient (Wildman–Crippen LogP) is 0.834. The van der Waals surface area contributed by atoms with Gasteiger partial charge in [-0.1, -0.05) is 0 Å². The second-order valence-corrected chi connectivity index (χ2v) is 2.68. The molecule has 0 radical (unpaired) electrons. The lowest BCUT2D eigenvalue weighted by Crippen LogP contribution is -2.11. The molecule has 0 spiro atoms. The average Bonchev–Trinajstić information content (AvgIpc) is 2.59. The van der Waals surface area contributed by atoms with Gasteiger partial charge in [-0.05, 0) is 19.4 Å².